The highest BCUT2D eigenvalue weighted by Gasteiger charge is 2.32. The number of rotatable bonds is 5. The van der Waals surface area contributed by atoms with Crippen LogP contribution in [0.15, 0.2) is 23.8 Å². The summed E-state index contributed by atoms with van der Waals surface area (Å²) in [7, 11) is 3.85. The van der Waals surface area contributed by atoms with Crippen LogP contribution in [0.4, 0.5) is 0 Å². The van der Waals surface area contributed by atoms with Crippen LogP contribution in [0.25, 0.3) is 5.57 Å². The Morgan fingerprint density at radius 3 is 2.73 bits per heavy atom. The smallest absolute Gasteiger partial charge is 0.247 e. The molecule has 4 heteroatoms. The molecular weight excluding hydrogens is 324 g/mol. The van der Waals surface area contributed by atoms with Gasteiger partial charge in [0.1, 0.15) is 5.75 Å². The standard InChI is InChI=1S/C22H32N2O2/c1-14(2)24(4)15(3)12-20-21-16(10-11-23-22(20)25)6-7-17-13-18(26-5)8-9-19(17)21/h8-9,13-16H,6-7,10-12H2,1-5H3,(H,23,25)/t15-,16-/m1/s1. The molecule has 0 saturated carbocycles. The fraction of sp³-hybridized carbons (Fsp3) is 0.591. The topological polar surface area (TPSA) is 41.6 Å². The highest BCUT2D eigenvalue weighted by molar-refractivity contribution is 6.02. The van der Waals surface area contributed by atoms with Gasteiger partial charge in [-0.15, -0.1) is 0 Å². The molecule has 3 rings (SSSR count). The quantitative estimate of drug-likeness (QED) is 0.876. The highest BCUT2D eigenvalue weighted by atomic mass is 16.5. The minimum Gasteiger partial charge on any atom is -0.497 e. The lowest BCUT2D eigenvalue weighted by Crippen LogP contribution is -2.37. The molecule has 4 nitrogen and oxygen atoms in total. The second-order valence-corrected chi connectivity index (χ2v) is 8.01. The van der Waals surface area contributed by atoms with Crippen molar-refractivity contribution in [2.45, 2.75) is 58.5 Å². The van der Waals surface area contributed by atoms with E-state index in [1.54, 1.807) is 7.11 Å². The van der Waals surface area contributed by atoms with Crippen molar-refractivity contribution >= 4 is 11.5 Å². The molecule has 1 amide bonds. The Morgan fingerprint density at radius 1 is 1.27 bits per heavy atom. The average molecular weight is 357 g/mol. The summed E-state index contributed by atoms with van der Waals surface area (Å²) in [6.45, 7) is 7.40. The third-order valence-corrected chi connectivity index (χ3v) is 6.16. The largest absolute Gasteiger partial charge is 0.497 e. The van der Waals surface area contributed by atoms with Gasteiger partial charge in [0.05, 0.1) is 7.11 Å². The molecule has 142 valence electrons. The van der Waals surface area contributed by atoms with Crippen molar-refractivity contribution in [1.82, 2.24) is 10.2 Å². The lowest BCUT2D eigenvalue weighted by atomic mass is 9.75. The fourth-order valence-corrected chi connectivity index (χ4v) is 4.30. The lowest BCUT2D eigenvalue weighted by Gasteiger charge is -2.32. The molecule has 1 aliphatic heterocycles. The number of aryl methyl sites for hydroxylation is 1. The van der Waals surface area contributed by atoms with Crippen LogP contribution in [-0.4, -0.2) is 43.6 Å². The van der Waals surface area contributed by atoms with Crippen LogP contribution in [0, 0.1) is 5.92 Å². The van der Waals surface area contributed by atoms with E-state index in [4.69, 9.17) is 4.74 Å². The van der Waals surface area contributed by atoms with Crippen LogP contribution >= 0.6 is 0 Å². The number of nitrogens with zero attached hydrogens (tertiary/aromatic N) is 1. The van der Waals surface area contributed by atoms with Crippen molar-refractivity contribution < 1.29 is 9.53 Å². The summed E-state index contributed by atoms with van der Waals surface area (Å²) in [5, 5.41) is 3.14. The zero-order valence-electron chi connectivity index (χ0n) is 16.8. The number of hydrogen-bond acceptors (Lipinski definition) is 3. The van der Waals surface area contributed by atoms with Crippen molar-refractivity contribution in [1.29, 1.82) is 0 Å². The molecule has 1 heterocycles. The predicted molar refractivity (Wildman–Crippen MR) is 106 cm³/mol. The average Bonchev–Trinajstić information content (AvgIpc) is 2.79. The van der Waals surface area contributed by atoms with Gasteiger partial charge in [0, 0.05) is 24.2 Å². The summed E-state index contributed by atoms with van der Waals surface area (Å²) in [5.41, 5.74) is 4.84. The number of amides is 1. The van der Waals surface area contributed by atoms with Gasteiger partial charge in [0.2, 0.25) is 5.91 Å². The van der Waals surface area contributed by atoms with E-state index in [0.717, 1.165) is 43.6 Å². The summed E-state index contributed by atoms with van der Waals surface area (Å²) in [5.74, 6) is 1.49. The number of carbonyl (C=O) groups excluding carboxylic acids is 1. The first kappa shape index (κ1) is 19.0. The Morgan fingerprint density at radius 2 is 2.04 bits per heavy atom. The second kappa shape index (κ2) is 7.83. The molecule has 2 atom stereocenters. The maximum Gasteiger partial charge on any atom is 0.247 e. The maximum absolute atomic E-state index is 12.9. The zero-order chi connectivity index (χ0) is 18.8. The van der Waals surface area contributed by atoms with Gasteiger partial charge in [-0.25, -0.2) is 0 Å². The predicted octanol–water partition coefficient (Wildman–Crippen LogP) is 3.65. The molecule has 0 unspecified atom stereocenters. The summed E-state index contributed by atoms with van der Waals surface area (Å²) >= 11 is 0. The van der Waals surface area contributed by atoms with Crippen LogP contribution in [-0.2, 0) is 11.2 Å². The maximum atomic E-state index is 12.9. The van der Waals surface area contributed by atoms with Crippen LogP contribution in [0.5, 0.6) is 5.75 Å². The number of allylic oxidation sites excluding steroid dienone is 1. The fourth-order valence-electron chi connectivity index (χ4n) is 4.30. The third kappa shape index (κ3) is 3.66. The van der Waals surface area contributed by atoms with E-state index in [1.807, 2.05) is 6.07 Å². The molecule has 0 spiro atoms. The van der Waals surface area contributed by atoms with Crippen LogP contribution in [0.2, 0.25) is 0 Å². The van der Waals surface area contributed by atoms with E-state index in [1.165, 1.54) is 16.7 Å². The summed E-state index contributed by atoms with van der Waals surface area (Å²) < 4.78 is 5.41. The van der Waals surface area contributed by atoms with Gasteiger partial charge in [-0.1, -0.05) is 6.07 Å². The Balaban J connectivity index is 2.06. The second-order valence-electron chi connectivity index (χ2n) is 8.01. The zero-order valence-corrected chi connectivity index (χ0v) is 16.8. The summed E-state index contributed by atoms with van der Waals surface area (Å²) in [6, 6.07) is 7.11. The number of benzene rings is 1. The first-order valence-electron chi connectivity index (χ1n) is 9.82. The molecule has 0 bridgehead atoms. The molecular formula is C22H32N2O2. The van der Waals surface area contributed by atoms with Crippen LogP contribution in [0.3, 0.4) is 0 Å². The van der Waals surface area contributed by atoms with E-state index in [9.17, 15) is 4.79 Å². The summed E-state index contributed by atoms with van der Waals surface area (Å²) in [6.07, 6.45) is 3.99. The van der Waals surface area contributed by atoms with Gasteiger partial charge in [0.25, 0.3) is 0 Å². The number of hydrogen-bond donors (Lipinski definition) is 1. The molecule has 26 heavy (non-hydrogen) atoms. The molecule has 1 aliphatic carbocycles. The molecule has 1 aromatic carbocycles. The van der Waals surface area contributed by atoms with E-state index in [2.05, 4.69) is 50.2 Å². The van der Waals surface area contributed by atoms with E-state index >= 15 is 0 Å². The number of fused-ring (bicyclic) bond motifs is 3. The van der Waals surface area contributed by atoms with Crippen molar-refractivity contribution in [2.75, 3.05) is 20.7 Å². The summed E-state index contributed by atoms with van der Waals surface area (Å²) in [4.78, 5) is 15.3. The number of nitrogens with one attached hydrogen (secondary N) is 1. The van der Waals surface area contributed by atoms with Crippen molar-refractivity contribution in [3.8, 4) is 5.75 Å². The number of methoxy groups -OCH3 is 1. The first-order valence-corrected chi connectivity index (χ1v) is 9.82. The highest BCUT2D eigenvalue weighted by Crippen LogP contribution is 2.42. The van der Waals surface area contributed by atoms with Gasteiger partial charge in [-0.05, 0) is 88.3 Å². The van der Waals surface area contributed by atoms with E-state index < -0.39 is 0 Å². The monoisotopic (exact) mass is 356 g/mol. The molecule has 0 saturated heterocycles. The Kier molecular flexibility index (Phi) is 5.71. The molecule has 0 fully saturated rings. The lowest BCUT2D eigenvalue weighted by molar-refractivity contribution is -0.117. The Bertz CT molecular complexity index is 708. The molecule has 2 aliphatic rings. The van der Waals surface area contributed by atoms with Gasteiger partial charge in [0.15, 0.2) is 0 Å². The normalized spacial score (nSPS) is 21.2. The van der Waals surface area contributed by atoms with Gasteiger partial charge in [-0.3, -0.25) is 4.79 Å². The van der Waals surface area contributed by atoms with E-state index in [0.29, 0.717) is 18.0 Å². The van der Waals surface area contributed by atoms with E-state index in [-0.39, 0.29) is 5.91 Å². The molecule has 0 aromatic heterocycles. The van der Waals surface area contributed by atoms with Gasteiger partial charge < -0.3 is 15.0 Å². The third-order valence-electron chi connectivity index (χ3n) is 6.16. The van der Waals surface area contributed by atoms with Crippen molar-refractivity contribution in [2.24, 2.45) is 5.92 Å². The molecule has 1 N–H and O–H groups in total. The van der Waals surface area contributed by atoms with Gasteiger partial charge >= 0.3 is 0 Å². The minimum absolute atomic E-state index is 0.121. The number of carbonyl (C=O) groups is 1. The molecule has 0 radical (unpaired) electrons. The minimum atomic E-state index is 0.121. The van der Waals surface area contributed by atoms with Crippen LogP contribution < -0.4 is 10.1 Å². The Hall–Kier alpha value is -1.81. The van der Waals surface area contributed by atoms with Crippen LogP contribution in [0.1, 0.15) is 51.2 Å². The Labute approximate surface area is 157 Å². The van der Waals surface area contributed by atoms with Crippen molar-refractivity contribution in [3.63, 3.8) is 0 Å². The first-order chi connectivity index (χ1) is 12.4. The SMILES string of the molecule is COc1ccc2c(c1)CC[C@@H]1CCNC(=O)C(C[C@@H](C)N(C)C(C)C)=C21. The molecule has 1 aromatic rings. The van der Waals surface area contributed by atoms with Crippen molar-refractivity contribution in [3.05, 3.63) is 34.9 Å². The van der Waals surface area contributed by atoms with Gasteiger partial charge in [-0.2, -0.15) is 0 Å². The number of ether oxygens (including phenoxy) is 1.